The summed E-state index contributed by atoms with van der Waals surface area (Å²) in [6, 6.07) is 0. The van der Waals surface area contributed by atoms with Gasteiger partial charge in [0.05, 0.1) is 29.6 Å². The fourth-order valence-electron chi connectivity index (χ4n) is 1.29. The Hall–Kier alpha value is -1.11. The highest BCUT2D eigenvalue weighted by Crippen LogP contribution is 2.28. The Kier molecular flexibility index (Phi) is 4.92. The van der Waals surface area contributed by atoms with Gasteiger partial charge in [-0.05, 0) is 6.92 Å². The Balaban J connectivity index is 3.40. The molecule has 0 aromatic carbocycles. The first-order valence-corrected chi connectivity index (χ1v) is 5.83. The van der Waals surface area contributed by atoms with Gasteiger partial charge in [-0.3, -0.25) is 4.98 Å². The number of rotatable bonds is 4. The maximum atomic E-state index is 13.3. The van der Waals surface area contributed by atoms with E-state index in [1.165, 1.54) is 6.92 Å². The van der Waals surface area contributed by atoms with Crippen molar-refractivity contribution >= 4 is 21.9 Å². The molecule has 0 aliphatic rings. The second-order valence-electron chi connectivity index (χ2n) is 3.00. The third-order valence-electron chi connectivity index (χ3n) is 1.97. The molecule has 3 nitrogen and oxygen atoms in total. The number of esters is 1. The van der Waals surface area contributed by atoms with Gasteiger partial charge in [0.1, 0.15) is 0 Å². The average molecular weight is 312 g/mol. The summed E-state index contributed by atoms with van der Waals surface area (Å²) in [4.78, 5) is 15.1. The van der Waals surface area contributed by atoms with Gasteiger partial charge >= 0.3 is 5.97 Å². The van der Waals surface area contributed by atoms with E-state index in [1.807, 2.05) is 0 Å². The smallest absolute Gasteiger partial charge is 0.340 e. The lowest BCUT2D eigenvalue weighted by molar-refractivity contribution is 0.0511. The maximum absolute atomic E-state index is 13.3. The third-order valence-corrected chi connectivity index (χ3v) is 2.50. The van der Waals surface area contributed by atoms with Crippen LogP contribution in [-0.2, 0) is 10.1 Å². The van der Waals surface area contributed by atoms with E-state index >= 15 is 0 Å². The second-order valence-corrected chi connectivity index (χ2v) is 3.56. The minimum Gasteiger partial charge on any atom is -0.462 e. The minimum absolute atomic E-state index is 0.0136. The minimum atomic E-state index is -3.10. The molecular formula is C10H9BrF3NO2. The molecule has 1 aromatic rings. The van der Waals surface area contributed by atoms with Crippen LogP contribution in [0.1, 0.15) is 35.0 Å². The summed E-state index contributed by atoms with van der Waals surface area (Å²) >= 11 is 3.00. The summed E-state index contributed by atoms with van der Waals surface area (Å²) in [5.74, 6) is -2.21. The zero-order chi connectivity index (χ0) is 13.0. The summed E-state index contributed by atoms with van der Waals surface area (Å²) in [6.07, 6.45) is -2.43. The summed E-state index contributed by atoms with van der Waals surface area (Å²) in [7, 11) is 0. The number of pyridine rings is 1. The highest BCUT2D eigenvalue weighted by Gasteiger charge is 2.27. The molecule has 0 aliphatic carbocycles. The van der Waals surface area contributed by atoms with Gasteiger partial charge in [0.15, 0.2) is 5.82 Å². The predicted octanol–water partition coefficient (Wildman–Crippen LogP) is 3.23. The number of hydrogen-bond acceptors (Lipinski definition) is 3. The van der Waals surface area contributed by atoms with Crippen LogP contribution < -0.4 is 0 Å². The summed E-state index contributed by atoms with van der Waals surface area (Å²) < 4.78 is 43.3. The normalized spacial score (nSPS) is 10.7. The number of halogens is 4. The van der Waals surface area contributed by atoms with Crippen molar-refractivity contribution in [1.29, 1.82) is 0 Å². The first-order valence-electron chi connectivity index (χ1n) is 4.71. The van der Waals surface area contributed by atoms with Crippen LogP contribution >= 0.6 is 15.9 Å². The molecule has 0 atom stereocenters. The molecule has 0 saturated carbocycles. The molecule has 0 amide bonds. The largest absolute Gasteiger partial charge is 0.462 e. The van der Waals surface area contributed by atoms with Crippen LogP contribution in [0.25, 0.3) is 0 Å². The van der Waals surface area contributed by atoms with Gasteiger partial charge in [0.2, 0.25) is 0 Å². The van der Waals surface area contributed by atoms with Gasteiger partial charge in [0, 0.05) is 5.33 Å². The molecule has 94 valence electrons. The van der Waals surface area contributed by atoms with Crippen molar-refractivity contribution in [2.24, 2.45) is 0 Å². The van der Waals surface area contributed by atoms with E-state index in [9.17, 15) is 18.0 Å². The fraction of sp³-hybridized carbons (Fsp3) is 0.400. The number of ether oxygens (including phenoxy) is 1. The number of aromatic nitrogens is 1. The van der Waals surface area contributed by atoms with Crippen LogP contribution in [-0.4, -0.2) is 17.6 Å². The zero-order valence-corrected chi connectivity index (χ0v) is 10.4. The van der Waals surface area contributed by atoms with Gasteiger partial charge in [-0.25, -0.2) is 18.0 Å². The van der Waals surface area contributed by atoms with Gasteiger partial charge < -0.3 is 4.74 Å². The zero-order valence-electron chi connectivity index (χ0n) is 8.84. The molecule has 1 aromatic heterocycles. The van der Waals surface area contributed by atoms with Crippen molar-refractivity contribution in [3.63, 3.8) is 0 Å². The molecule has 0 saturated heterocycles. The summed E-state index contributed by atoms with van der Waals surface area (Å²) in [5.41, 5.74) is -1.44. The SMILES string of the molecule is CCOC(=O)c1c(CBr)ncc(F)c1C(F)F. The van der Waals surface area contributed by atoms with E-state index in [-0.39, 0.29) is 17.6 Å². The number of carbonyl (C=O) groups is 1. The first-order chi connectivity index (χ1) is 8.02. The molecule has 0 unspecified atom stereocenters. The van der Waals surface area contributed by atoms with Crippen LogP contribution in [0.2, 0.25) is 0 Å². The van der Waals surface area contributed by atoms with Crippen LogP contribution in [0.4, 0.5) is 13.2 Å². The Morgan fingerprint density at radius 1 is 1.59 bits per heavy atom. The Bertz CT molecular complexity index is 426. The number of nitrogens with zero attached hydrogens (tertiary/aromatic N) is 1. The van der Waals surface area contributed by atoms with Crippen LogP contribution in [0, 0.1) is 5.82 Å². The molecule has 0 fully saturated rings. The van der Waals surface area contributed by atoms with Gasteiger partial charge in [-0.1, -0.05) is 15.9 Å². The van der Waals surface area contributed by atoms with Crippen molar-refractivity contribution in [1.82, 2.24) is 4.98 Å². The molecule has 0 bridgehead atoms. The Morgan fingerprint density at radius 2 is 2.24 bits per heavy atom. The summed E-state index contributed by atoms with van der Waals surface area (Å²) in [6.45, 7) is 1.54. The number of alkyl halides is 3. The third kappa shape index (κ3) is 2.96. The average Bonchev–Trinajstić information content (AvgIpc) is 2.28. The molecule has 17 heavy (non-hydrogen) atoms. The molecule has 0 spiro atoms. The topological polar surface area (TPSA) is 39.2 Å². The number of carbonyl (C=O) groups excluding carboxylic acids is 1. The molecule has 1 rings (SSSR count). The van der Waals surface area contributed by atoms with Gasteiger partial charge in [-0.15, -0.1) is 0 Å². The van der Waals surface area contributed by atoms with Gasteiger partial charge in [0.25, 0.3) is 6.43 Å². The molecule has 0 radical (unpaired) electrons. The lowest BCUT2D eigenvalue weighted by Gasteiger charge is -2.11. The van der Waals surface area contributed by atoms with Gasteiger partial charge in [-0.2, -0.15) is 0 Å². The highest BCUT2D eigenvalue weighted by molar-refractivity contribution is 9.08. The van der Waals surface area contributed by atoms with E-state index in [2.05, 4.69) is 25.7 Å². The number of hydrogen-bond donors (Lipinski definition) is 0. The van der Waals surface area contributed by atoms with Crippen LogP contribution in [0.5, 0.6) is 0 Å². The standard InChI is InChI=1S/C10H9BrF3NO2/c1-2-17-10(16)8-6(3-11)15-4-5(12)7(8)9(13)14/h4,9H,2-3H2,1H3. The van der Waals surface area contributed by atoms with Crippen LogP contribution in [0.3, 0.4) is 0 Å². The van der Waals surface area contributed by atoms with E-state index < -0.39 is 29.3 Å². The van der Waals surface area contributed by atoms with E-state index in [0.29, 0.717) is 6.20 Å². The second kappa shape index (κ2) is 6.00. The Labute approximate surface area is 104 Å². The lowest BCUT2D eigenvalue weighted by Crippen LogP contribution is -2.14. The van der Waals surface area contributed by atoms with Crippen molar-refractivity contribution in [2.75, 3.05) is 6.61 Å². The quantitative estimate of drug-likeness (QED) is 0.633. The molecular weight excluding hydrogens is 303 g/mol. The Morgan fingerprint density at radius 3 is 2.71 bits per heavy atom. The molecule has 0 aliphatic heterocycles. The van der Waals surface area contributed by atoms with E-state index in [0.717, 1.165) is 0 Å². The predicted molar refractivity (Wildman–Crippen MR) is 57.7 cm³/mol. The molecule has 7 heteroatoms. The lowest BCUT2D eigenvalue weighted by atomic mass is 10.1. The van der Waals surface area contributed by atoms with E-state index in [1.54, 1.807) is 0 Å². The van der Waals surface area contributed by atoms with Crippen molar-refractivity contribution in [3.8, 4) is 0 Å². The van der Waals surface area contributed by atoms with Crippen molar-refractivity contribution < 1.29 is 22.7 Å². The maximum Gasteiger partial charge on any atom is 0.340 e. The van der Waals surface area contributed by atoms with E-state index in [4.69, 9.17) is 0 Å². The first kappa shape index (κ1) is 14.0. The fourth-order valence-corrected chi connectivity index (χ4v) is 1.71. The molecule has 1 heterocycles. The monoisotopic (exact) mass is 311 g/mol. The van der Waals surface area contributed by atoms with Crippen molar-refractivity contribution in [3.05, 3.63) is 28.8 Å². The highest BCUT2D eigenvalue weighted by atomic mass is 79.9. The summed E-state index contributed by atoms with van der Waals surface area (Å²) in [5, 5.41) is 0.0567. The van der Waals surface area contributed by atoms with Crippen LogP contribution in [0.15, 0.2) is 6.20 Å². The molecule has 0 N–H and O–H groups in total. The van der Waals surface area contributed by atoms with Crippen molar-refractivity contribution in [2.45, 2.75) is 18.7 Å².